The first-order valence-electron chi connectivity index (χ1n) is 7.57. The zero-order valence-electron chi connectivity index (χ0n) is 12.1. The lowest BCUT2D eigenvalue weighted by Gasteiger charge is -2.15. The zero-order chi connectivity index (χ0) is 13.9. The minimum Gasteiger partial charge on any atom is -0.387 e. The fourth-order valence-electron chi connectivity index (χ4n) is 3.03. The minimum atomic E-state index is 0.0276. The molecular weight excluding hydrogens is 250 g/mol. The van der Waals surface area contributed by atoms with Gasteiger partial charge in [-0.05, 0) is 43.9 Å². The Kier molecular flexibility index (Phi) is 3.92. The van der Waals surface area contributed by atoms with E-state index in [0.29, 0.717) is 5.92 Å². The topological polar surface area (TPSA) is 44.4 Å². The van der Waals surface area contributed by atoms with Crippen LogP contribution in [0.3, 0.4) is 0 Å². The van der Waals surface area contributed by atoms with Crippen molar-refractivity contribution in [2.75, 3.05) is 32.0 Å². The first-order valence-corrected chi connectivity index (χ1v) is 7.57. The molecule has 1 saturated carbocycles. The van der Waals surface area contributed by atoms with Gasteiger partial charge in [0.1, 0.15) is 0 Å². The van der Waals surface area contributed by atoms with E-state index in [1.54, 1.807) is 0 Å². The maximum absolute atomic E-state index is 12.2. The van der Waals surface area contributed by atoms with Crippen LogP contribution in [0.1, 0.15) is 29.6 Å². The van der Waals surface area contributed by atoms with Crippen molar-refractivity contribution in [3.63, 3.8) is 0 Å². The summed E-state index contributed by atoms with van der Waals surface area (Å²) in [5, 5.41) is 6.16. The first kappa shape index (κ1) is 13.4. The van der Waals surface area contributed by atoms with E-state index in [1.807, 2.05) is 31.3 Å². The molecule has 0 radical (unpaired) electrons. The highest BCUT2D eigenvalue weighted by Gasteiger charge is 2.34. The molecule has 108 valence electrons. The van der Waals surface area contributed by atoms with Crippen LogP contribution in [0.25, 0.3) is 0 Å². The van der Waals surface area contributed by atoms with Crippen molar-refractivity contribution in [3.8, 4) is 0 Å². The first-order chi connectivity index (χ1) is 9.78. The quantitative estimate of drug-likeness (QED) is 0.862. The van der Waals surface area contributed by atoms with Gasteiger partial charge in [-0.1, -0.05) is 12.1 Å². The number of anilines is 1. The smallest absolute Gasteiger partial charge is 0.253 e. The second-order valence-electron chi connectivity index (χ2n) is 5.89. The lowest BCUT2D eigenvalue weighted by atomic mass is 10.1. The van der Waals surface area contributed by atoms with Crippen molar-refractivity contribution in [2.45, 2.75) is 25.3 Å². The van der Waals surface area contributed by atoms with Gasteiger partial charge in [-0.2, -0.15) is 0 Å². The highest BCUT2D eigenvalue weighted by molar-refractivity contribution is 5.99. The molecule has 0 aromatic heterocycles. The number of nitrogens with one attached hydrogen (secondary N) is 2. The zero-order valence-corrected chi connectivity index (χ0v) is 12.1. The van der Waals surface area contributed by atoms with Gasteiger partial charge >= 0.3 is 0 Å². The molecule has 2 N–H and O–H groups in total. The van der Waals surface area contributed by atoms with Gasteiger partial charge in [-0.25, -0.2) is 0 Å². The number of carbonyl (C=O) groups is 1. The Balaban J connectivity index is 1.51. The molecule has 20 heavy (non-hydrogen) atoms. The van der Waals surface area contributed by atoms with Gasteiger partial charge < -0.3 is 15.5 Å². The normalized spacial score (nSPS) is 22.8. The van der Waals surface area contributed by atoms with E-state index in [1.165, 1.54) is 25.8 Å². The standard InChI is InChI=1S/C16H23N3O/c1-17-15-5-3-2-4-14(15)16(20)18-10-12-8-9-19(11-12)13-6-7-13/h2-5,12-13,17H,6-11H2,1H3,(H,18,20). The summed E-state index contributed by atoms with van der Waals surface area (Å²) in [4.78, 5) is 14.8. The summed E-state index contributed by atoms with van der Waals surface area (Å²) in [5.41, 5.74) is 1.61. The van der Waals surface area contributed by atoms with Gasteiger partial charge in [0.15, 0.2) is 0 Å². The molecule has 1 unspecified atom stereocenters. The van der Waals surface area contributed by atoms with E-state index in [4.69, 9.17) is 0 Å². The number of hydrogen-bond acceptors (Lipinski definition) is 3. The average Bonchev–Trinajstić information content (AvgIpc) is 3.23. The predicted octanol–water partition coefficient (Wildman–Crippen LogP) is 1.94. The van der Waals surface area contributed by atoms with Crippen LogP contribution < -0.4 is 10.6 Å². The van der Waals surface area contributed by atoms with Crippen LogP contribution in [0.15, 0.2) is 24.3 Å². The van der Waals surface area contributed by atoms with Crippen LogP contribution >= 0.6 is 0 Å². The molecular formula is C16H23N3O. The lowest BCUT2D eigenvalue weighted by molar-refractivity contribution is 0.0948. The molecule has 1 atom stereocenters. The van der Waals surface area contributed by atoms with Crippen molar-refractivity contribution in [3.05, 3.63) is 29.8 Å². The molecule has 1 aromatic carbocycles. The molecule has 1 amide bonds. The van der Waals surface area contributed by atoms with Crippen LogP contribution in [-0.4, -0.2) is 43.5 Å². The molecule has 2 fully saturated rings. The molecule has 1 saturated heterocycles. The molecule has 4 heteroatoms. The van der Waals surface area contributed by atoms with E-state index < -0.39 is 0 Å². The van der Waals surface area contributed by atoms with Crippen LogP contribution in [-0.2, 0) is 0 Å². The van der Waals surface area contributed by atoms with E-state index in [0.717, 1.165) is 30.4 Å². The Morgan fingerprint density at radius 3 is 2.85 bits per heavy atom. The second-order valence-corrected chi connectivity index (χ2v) is 5.89. The fraction of sp³-hybridized carbons (Fsp3) is 0.562. The lowest BCUT2D eigenvalue weighted by Crippen LogP contribution is -2.31. The van der Waals surface area contributed by atoms with Crippen molar-refractivity contribution >= 4 is 11.6 Å². The minimum absolute atomic E-state index is 0.0276. The van der Waals surface area contributed by atoms with Gasteiger partial charge in [-0.15, -0.1) is 0 Å². The van der Waals surface area contributed by atoms with Crippen LogP contribution in [0, 0.1) is 5.92 Å². The molecule has 3 rings (SSSR count). The van der Waals surface area contributed by atoms with Gasteiger partial charge in [0, 0.05) is 31.9 Å². The molecule has 4 nitrogen and oxygen atoms in total. The Bertz CT molecular complexity index is 484. The van der Waals surface area contributed by atoms with E-state index >= 15 is 0 Å². The Morgan fingerprint density at radius 2 is 2.10 bits per heavy atom. The maximum Gasteiger partial charge on any atom is 0.253 e. The van der Waals surface area contributed by atoms with Gasteiger partial charge in [0.05, 0.1) is 5.56 Å². The van der Waals surface area contributed by atoms with E-state index in [-0.39, 0.29) is 5.91 Å². The fourth-order valence-corrected chi connectivity index (χ4v) is 3.03. The Morgan fingerprint density at radius 1 is 1.30 bits per heavy atom. The molecule has 0 bridgehead atoms. The monoisotopic (exact) mass is 273 g/mol. The van der Waals surface area contributed by atoms with Crippen molar-refractivity contribution < 1.29 is 4.79 Å². The number of rotatable bonds is 5. The number of para-hydroxylation sites is 1. The van der Waals surface area contributed by atoms with Crippen molar-refractivity contribution in [1.82, 2.24) is 10.2 Å². The summed E-state index contributed by atoms with van der Waals surface area (Å²) in [6.45, 7) is 3.15. The Hall–Kier alpha value is -1.55. The number of likely N-dealkylation sites (tertiary alicyclic amines) is 1. The highest BCUT2D eigenvalue weighted by atomic mass is 16.1. The number of amides is 1. The Labute approximate surface area is 120 Å². The number of carbonyl (C=O) groups excluding carboxylic acids is 1. The SMILES string of the molecule is CNc1ccccc1C(=O)NCC1CCN(C2CC2)C1. The number of hydrogen-bond donors (Lipinski definition) is 2. The summed E-state index contributed by atoms with van der Waals surface area (Å²) in [7, 11) is 1.84. The average molecular weight is 273 g/mol. The summed E-state index contributed by atoms with van der Waals surface area (Å²) in [5.74, 6) is 0.640. The molecule has 1 heterocycles. The summed E-state index contributed by atoms with van der Waals surface area (Å²) >= 11 is 0. The summed E-state index contributed by atoms with van der Waals surface area (Å²) < 4.78 is 0. The van der Waals surface area contributed by atoms with Crippen molar-refractivity contribution in [2.24, 2.45) is 5.92 Å². The molecule has 0 spiro atoms. The third-order valence-electron chi connectivity index (χ3n) is 4.37. The van der Waals surface area contributed by atoms with Crippen molar-refractivity contribution in [1.29, 1.82) is 0 Å². The van der Waals surface area contributed by atoms with Gasteiger partial charge in [0.25, 0.3) is 5.91 Å². The molecule has 2 aliphatic rings. The van der Waals surface area contributed by atoms with Crippen LogP contribution in [0.2, 0.25) is 0 Å². The second kappa shape index (κ2) is 5.83. The third-order valence-corrected chi connectivity index (χ3v) is 4.37. The molecule has 1 aromatic rings. The predicted molar refractivity (Wildman–Crippen MR) is 81.0 cm³/mol. The summed E-state index contributed by atoms with van der Waals surface area (Å²) in [6, 6.07) is 8.49. The maximum atomic E-state index is 12.2. The van der Waals surface area contributed by atoms with Gasteiger partial charge in [-0.3, -0.25) is 4.79 Å². The third kappa shape index (κ3) is 2.96. The van der Waals surface area contributed by atoms with Crippen LogP contribution in [0.5, 0.6) is 0 Å². The van der Waals surface area contributed by atoms with E-state index in [2.05, 4.69) is 15.5 Å². The van der Waals surface area contributed by atoms with Gasteiger partial charge in [0.2, 0.25) is 0 Å². The largest absolute Gasteiger partial charge is 0.387 e. The highest BCUT2D eigenvalue weighted by Crippen LogP contribution is 2.31. The van der Waals surface area contributed by atoms with E-state index in [9.17, 15) is 4.79 Å². The number of nitrogens with zero attached hydrogens (tertiary/aromatic N) is 1. The molecule has 1 aliphatic heterocycles. The summed E-state index contributed by atoms with van der Waals surface area (Å²) in [6.07, 6.45) is 3.95. The van der Waals surface area contributed by atoms with Crippen LogP contribution in [0.4, 0.5) is 5.69 Å². The number of benzene rings is 1. The molecule has 1 aliphatic carbocycles.